The molecule has 2 aliphatic rings. The Balaban J connectivity index is 1.42. The third-order valence-corrected chi connectivity index (χ3v) is 6.91. The highest BCUT2D eigenvalue weighted by molar-refractivity contribution is 6.31. The van der Waals surface area contributed by atoms with Crippen LogP contribution in [0.2, 0.25) is 5.02 Å². The molecule has 190 valence electrons. The standard InChI is InChI=1S/C25H25ClF5NO3/c1-34-24(33)19-11-18(15-2-3-15)22(12-21(19)28)35-13-14-6-8-32(9-7-14)23(25(29,30)31)17-5-4-16(27)10-20(17)26/h4-5,10-12,14-15,23H,2-3,6-9,13H2,1H3. The topological polar surface area (TPSA) is 38.8 Å². The molecule has 10 heteroatoms. The molecule has 1 heterocycles. The van der Waals surface area contributed by atoms with Crippen molar-refractivity contribution in [3.05, 3.63) is 63.7 Å². The molecular formula is C25H25ClF5NO3. The van der Waals surface area contributed by atoms with Crippen molar-refractivity contribution in [2.45, 2.75) is 43.8 Å². The van der Waals surface area contributed by atoms with E-state index in [2.05, 4.69) is 4.74 Å². The zero-order chi connectivity index (χ0) is 25.3. The Labute approximate surface area is 205 Å². The van der Waals surface area contributed by atoms with Crippen LogP contribution in [-0.2, 0) is 4.74 Å². The number of likely N-dealkylation sites (tertiary alicyclic amines) is 1. The molecule has 0 N–H and O–H groups in total. The van der Waals surface area contributed by atoms with E-state index >= 15 is 0 Å². The molecule has 2 aromatic rings. The van der Waals surface area contributed by atoms with Crippen LogP contribution in [0.25, 0.3) is 0 Å². The summed E-state index contributed by atoms with van der Waals surface area (Å²) in [5, 5.41) is -0.261. The summed E-state index contributed by atoms with van der Waals surface area (Å²) < 4.78 is 80.2. The summed E-state index contributed by atoms with van der Waals surface area (Å²) in [5.74, 6) is -1.69. The minimum Gasteiger partial charge on any atom is -0.493 e. The summed E-state index contributed by atoms with van der Waals surface area (Å²) in [4.78, 5) is 13.1. The summed E-state index contributed by atoms with van der Waals surface area (Å²) >= 11 is 5.95. The largest absolute Gasteiger partial charge is 0.493 e. The van der Waals surface area contributed by atoms with Gasteiger partial charge < -0.3 is 9.47 Å². The molecule has 4 rings (SSSR count). The second kappa shape index (κ2) is 10.3. The highest BCUT2D eigenvalue weighted by Crippen LogP contribution is 2.46. The minimum atomic E-state index is -4.58. The summed E-state index contributed by atoms with van der Waals surface area (Å²) in [6.07, 6.45) is -1.89. The Hall–Kier alpha value is -2.39. The van der Waals surface area contributed by atoms with Crippen molar-refractivity contribution in [1.82, 2.24) is 4.90 Å². The van der Waals surface area contributed by atoms with E-state index in [1.54, 1.807) is 0 Å². The number of nitrogens with zero attached hydrogens (tertiary/aromatic N) is 1. The number of alkyl halides is 3. The Morgan fingerprint density at radius 1 is 1.11 bits per heavy atom. The Morgan fingerprint density at radius 3 is 2.37 bits per heavy atom. The molecule has 0 amide bonds. The van der Waals surface area contributed by atoms with E-state index in [-0.39, 0.29) is 47.7 Å². The van der Waals surface area contributed by atoms with Crippen molar-refractivity contribution < 1.29 is 36.2 Å². The van der Waals surface area contributed by atoms with Gasteiger partial charge in [-0.05, 0) is 79.9 Å². The molecule has 1 saturated heterocycles. The molecule has 35 heavy (non-hydrogen) atoms. The molecule has 1 atom stereocenters. The van der Waals surface area contributed by atoms with Gasteiger partial charge in [-0.15, -0.1) is 0 Å². The van der Waals surface area contributed by atoms with Crippen molar-refractivity contribution in [3.63, 3.8) is 0 Å². The molecule has 0 bridgehead atoms. The van der Waals surface area contributed by atoms with Gasteiger partial charge in [-0.1, -0.05) is 17.7 Å². The van der Waals surface area contributed by atoms with Crippen LogP contribution in [0.5, 0.6) is 5.75 Å². The molecule has 1 aliphatic carbocycles. The molecule has 1 unspecified atom stereocenters. The first-order chi connectivity index (χ1) is 16.6. The van der Waals surface area contributed by atoms with Gasteiger partial charge >= 0.3 is 12.1 Å². The fourth-order valence-electron chi connectivity index (χ4n) is 4.57. The summed E-state index contributed by atoms with van der Waals surface area (Å²) in [6.45, 7) is 0.520. The van der Waals surface area contributed by atoms with Gasteiger partial charge in [-0.25, -0.2) is 13.6 Å². The van der Waals surface area contributed by atoms with Crippen LogP contribution < -0.4 is 4.74 Å². The maximum atomic E-state index is 14.5. The molecular weight excluding hydrogens is 493 g/mol. The average molecular weight is 518 g/mol. The van der Waals surface area contributed by atoms with Crippen LogP contribution in [0.3, 0.4) is 0 Å². The number of carbonyl (C=O) groups is 1. The van der Waals surface area contributed by atoms with Gasteiger partial charge in [0.15, 0.2) is 0 Å². The van der Waals surface area contributed by atoms with Gasteiger partial charge in [0.05, 0.1) is 19.3 Å². The van der Waals surface area contributed by atoms with Crippen molar-refractivity contribution in [3.8, 4) is 5.75 Å². The van der Waals surface area contributed by atoms with Crippen molar-refractivity contribution in [2.24, 2.45) is 5.92 Å². The maximum Gasteiger partial charge on any atom is 0.408 e. The summed E-state index contributed by atoms with van der Waals surface area (Å²) in [7, 11) is 1.18. The van der Waals surface area contributed by atoms with E-state index in [1.807, 2.05) is 0 Å². The molecule has 1 saturated carbocycles. The van der Waals surface area contributed by atoms with Gasteiger partial charge in [-0.2, -0.15) is 13.2 Å². The second-order valence-electron chi connectivity index (χ2n) is 9.04. The van der Waals surface area contributed by atoms with Crippen LogP contribution in [0, 0.1) is 17.6 Å². The second-order valence-corrected chi connectivity index (χ2v) is 9.44. The molecule has 0 radical (unpaired) electrons. The number of carbonyl (C=O) groups excluding carboxylic acids is 1. The fraction of sp³-hybridized carbons (Fsp3) is 0.480. The van der Waals surface area contributed by atoms with Gasteiger partial charge in [0.1, 0.15) is 23.4 Å². The lowest BCUT2D eigenvalue weighted by atomic mass is 9.94. The van der Waals surface area contributed by atoms with E-state index in [4.69, 9.17) is 16.3 Å². The lowest BCUT2D eigenvalue weighted by molar-refractivity contribution is -0.190. The molecule has 0 spiro atoms. The van der Waals surface area contributed by atoms with E-state index in [1.165, 1.54) is 24.1 Å². The number of methoxy groups -OCH3 is 1. The Morgan fingerprint density at radius 2 is 1.80 bits per heavy atom. The third kappa shape index (κ3) is 5.89. The first kappa shape index (κ1) is 25.7. The molecule has 2 aromatic carbocycles. The first-order valence-corrected chi connectivity index (χ1v) is 11.8. The number of halogens is 6. The number of benzene rings is 2. The minimum absolute atomic E-state index is 0.0285. The van der Waals surface area contributed by atoms with Crippen molar-refractivity contribution in [1.29, 1.82) is 0 Å². The van der Waals surface area contributed by atoms with E-state index in [9.17, 15) is 26.7 Å². The zero-order valence-corrected chi connectivity index (χ0v) is 19.8. The van der Waals surface area contributed by atoms with Gasteiger partial charge in [-0.3, -0.25) is 4.90 Å². The molecule has 0 aromatic heterocycles. The zero-order valence-electron chi connectivity index (χ0n) is 19.0. The number of piperidine rings is 1. The SMILES string of the molecule is COC(=O)c1cc(C2CC2)c(OCC2CCN(C(c3ccc(F)cc3Cl)C(F)(F)F)CC2)cc1F. The van der Waals surface area contributed by atoms with Crippen LogP contribution in [0.1, 0.15) is 59.1 Å². The van der Waals surface area contributed by atoms with Crippen LogP contribution in [0.15, 0.2) is 30.3 Å². The highest BCUT2D eigenvalue weighted by atomic mass is 35.5. The van der Waals surface area contributed by atoms with Crippen LogP contribution in [0.4, 0.5) is 22.0 Å². The van der Waals surface area contributed by atoms with Gasteiger partial charge in [0.25, 0.3) is 0 Å². The van der Waals surface area contributed by atoms with E-state index in [0.29, 0.717) is 18.6 Å². The fourth-order valence-corrected chi connectivity index (χ4v) is 4.84. The monoisotopic (exact) mass is 517 g/mol. The van der Waals surface area contributed by atoms with E-state index in [0.717, 1.165) is 36.6 Å². The van der Waals surface area contributed by atoms with Crippen molar-refractivity contribution in [2.75, 3.05) is 26.8 Å². The average Bonchev–Trinajstić information content (AvgIpc) is 3.64. The molecule has 1 aliphatic heterocycles. The lowest BCUT2D eigenvalue weighted by Crippen LogP contribution is -2.44. The smallest absolute Gasteiger partial charge is 0.408 e. The van der Waals surface area contributed by atoms with Crippen molar-refractivity contribution >= 4 is 17.6 Å². The predicted octanol–water partition coefficient (Wildman–Crippen LogP) is 6.68. The lowest BCUT2D eigenvalue weighted by Gasteiger charge is -2.38. The normalized spacial score (nSPS) is 18.4. The summed E-state index contributed by atoms with van der Waals surface area (Å²) in [6, 6.07) is 3.67. The quantitative estimate of drug-likeness (QED) is 0.303. The molecule has 2 fully saturated rings. The number of hydrogen-bond acceptors (Lipinski definition) is 4. The van der Waals surface area contributed by atoms with Gasteiger partial charge in [0, 0.05) is 11.1 Å². The van der Waals surface area contributed by atoms with E-state index < -0.39 is 29.8 Å². The summed E-state index contributed by atoms with van der Waals surface area (Å²) in [5.41, 5.74) is 0.422. The Bertz CT molecular complexity index is 1080. The van der Waals surface area contributed by atoms with Crippen LogP contribution in [-0.4, -0.2) is 43.9 Å². The number of hydrogen-bond donors (Lipinski definition) is 0. The number of ether oxygens (including phenoxy) is 2. The van der Waals surface area contributed by atoms with Crippen LogP contribution >= 0.6 is 11.6 Å². The first-order valence-electron chi connectivity index (χ1n) is 11.4. The Kier molecular flexibility index (Phi) is 7.57. The number of rotatable bonds is 7. The maximum absolute atomic E-state index is 14.5. The predicted molar refractivity (Wildman–Crippen MR) is 120 cm³/mol. The molecule has 4 nitrogen and oxygen atoms in total. The highest BCUT2D eigenvalue weighted by Gasteiger charge is 2.46. The third-order valence-electron chi connectivity index (χ3n) is 6.58. The number of esters is 1. The van der Waals surface area contributed by atoms with Gasteiger partial charge in [0.2, 0.25) is 0 Å².